The molecule has 1 unspecified atom stereocenters. The summed E-state index contributed by atoms with van der Waals surface area (Å²) in [5, 5.41) is 11.9. The molecule has 4 aromatic rings. The van der Waals surface area contributed by atoms with Gasteiger partial charge in [0.1, 0.15) is 11.9 Å². The number of hydrogen-bond acceptors (Lipinski definition) is 7. The van der Waals surface area contributed by atoms with E-state index in [2.05, 4.69) is 72.5 Å². The normalized spacial score (nSPS) is 14.4. The second-order valence-corrected chi connectivity index (χ2v) is 12.5. The van der Waals surface area contributed by atoms with E-state index in [4.69, 9.17) is 14.2 Å². The fourth-order valence-corrected chi connectivity index (χ4v) is 6.95. The van der Waals surface area contributed by atoms with Crippen LogP contribution in [0.25, 0.3) is 11.1 Å². The number of rotatable bonds is 14. The van der Waals surface area contributed by atoms with Gasteiger partial charge in [-0.05, 0) is 97.4 Å². The molecule has 7 nitrogen and oxygen atoms in total. The maximum Gasteiger partial charge on any atom is 0.280 e. The van der Waals surface area contributed by atoms with Crippen LogP contribution in [0.4, 0.5) is 5.69 Å². The summed E-state index contributed by atoms with van der Waals surface area (Å²) in [4.78, 5) is 15.3. The Morgan fingerprint density at radius 1 is 0.870 bits per heavy atom. The molecule has 1 aliphatic heterocycles. The van der Waals surface area contributed by atoms with Gasteiger partial charge in [0.2, 0.25) is 0 Å². The summed E-state index contributed by atoms with van der Waals surface area (Å²) in [7, 11) is 2.96. The number of likely N-dealkylation sites (tertiary alicyclic amines) is 1. The molecular formula is C38H42N2O5S. The average Bonchev–Trinajstić information content (AvgIpc) is 3.61. The number of nitro groups is 1. The van der Waals surface area contributed by atoms with Gasteiger partial charge < -0.3 is 19.1 Å². The minimum absolute atomic E-state index is 0.0832. The van der Waals surface area contributed by atoms with E-state index in [9.17, 15) is 10.1 Å². The summed E-state index contributed by atoms with van der Waals surface area (Å²) in [5.41, 5.74) is 6.19. The number of nitro benzene ring substituents is 1. The molecule has 1 atom stereocenters. The number of thioether (sulfide) groups is 1. The lowest BCUT2D eigenvalue weighted by molar-refractivity contribution is -0.386. The van der Waals surface area contributed by atoms with Gasteiger partial charge in [0, 0.05) is 17.2 Å². The second kappa shape index (κ2) is 15.8. The highest BCUT2D eigenvalue weighted by Gasteiger charge is 2.25. The van der Waals surface area contributed by atoms with Crippen LogP contribution < -0.4 is 14.2 Å². The molecule has 0 N–H and O–H groups in total. The molecule has 1 fully saturated rings. The molecule has 8 heteroatoms. The van der Waals surface area contributed by atoms with Crippen LogP contribution in [-0.2, 0) is 0 Å². The number of allylic oxidation sites excluding steroid dienone is 1. The highest BCUT2D eigenvalue weighted by Crippen LogP contribution is 2.40. The van der Waals surface area contributed by atoms with Gasteiger partial charge in [-0.1, -0.05) is 61.5 Å². The molecule has 5 rings (SSSR count). The van der Waals surface area contributed by atoms with Crippen LogP contribution in [0.3, 0.4) is 0 Å². The van der Waals surface area contributed by atoms with Crippen LogP contribution in [0.15, 0.2) is 95.9 Å². The fourth-order valence-electron chi connectivity index (χ4n) is 6.03. The molecule has 0 aliphatic carbocycles. The molecule has 1 heterocycles. The van der Waals surface area contributed by atoms with Gasteiger partial charge in [-0.2, -0.15) is 0 Å². The number of ether oxygens (including phenoxy) is 3. The fraction of sp³-hybridized carbons (Fsp3) is 0.316. The largest absolute Gasteiger partial charge is 0.493 e. The van der Waals surface area contributed by atoms with E-state index in [1.807, 2.05) is 30.0 Å². The molecule has 0 radical (unpaired) electrons. The monoisotopic (exact) mass is 638 g/mol. The minimum atomic E-state index is -0.605. The Morgan fingerprint density at radius 2 is 1.48 bits per heavy atom. The quantitative estimate of drug-likeness (QED) is 0.0590. The molecule has 0 aromatic heterocycles. The molecule has 0 spiro atoms. The van der Waals surface area contributed by atoms with Gasteiger partial charge in [0.05, 0.1) is 30.8 Å². The van der Waals surface area contributed by atoms with Gasteiger partial charge in [-0.15, -0.1) is 11.8 Å². The summed E-state index contributed by atoms with van der Waals surface area (Å²) in [6.45, 7) is 7.58. The molecule has 0 bridgehead atoms. The number of hydrogen-bond donors (Lipinski definition) is 0. The summed E-state index contributed by atoms with van der Waals surface area (Å²) < 4.78 is 16.9. The zero-order chi connectivity index (χ0) is 32.5. The van der Waals surface area contributed by atoms with Crippen LogP contribution in [0.5, 0.6) is 17.2 Å². The zero-order valence-corrected chi connectivity index (χ0v) is 27.8. The van der Waals surface area contributed by atoms with Crippen molar-refractivity contribution in [1.82, 2.24) is 4.90 Å². The van der Waals surface area contributed by atoms with E-state index >= 15 is 0 Å². The number of methoxy groups -OCH3 is 2. The smallest absolute Gasteiger partial charge is 0.280 e. The third-order valence-corrected chi connectivity index (χ3v) is 9.41. The number of benzene rings is 4. The molecule has 46 heavy (non-hydrogen) atoms. The van der Waals surface area contributed by atoms with Crippen molar-refractivity contribution >= 4 is 28.6 Å². The molecular weight excluding hydrogens is 596 g/mol. The summed E-state index contributed by atoms with van der Waals surface area (Å²) in [6, 6.07) is 30.4. The van der Waals surface area contributed by atoms with Crippen LogP contribution in [0.1, 0.15) is 61.5 Å². The van der Waals surface area contributed by atoms with Crippen molar-refractivity contribution in [2.75, 3.05) is 39.6 Å². The van der Waals surface area contributed by atoms with Crippen molar-refractivity contribution in [1.29, 1.82) is 0 Å². The first-order valence-electron chi connectivity index (χ1n) is 15.8. The van der Waals surface area contributed by atoms with Crippen molar-refractivity contribution in [3.8, 4) is 17.2 Å². The van der Waals surface area contributed by atoms with E-state index in [0.29, 0.717) is 22.8 Å². The van der Waals surface area contributed by atoms with E-state index < -0.39 is 11.0 Å². The Morgan fingerprint density at radius 3 is 2.07 bits per heavy atom. The lowest BCUT2D eigenvalue weighted by atomic mass is 9.88. The average molecular weight is 639 g/mol. The van der Waals surface area contributed by atoms with Crippen LogP contribution in [0.2, 0.25) is 0 Å². The standard InChI is InChI=1S/C38H42N2O5S/c1-5-33(28-11-7-6-8-12-28)38(30-15-19-32(20-16-30)46-24-23-39-21-9-10-22-39)29-13-17-31(18-14-29)45-27(2)34-25-36(43-3)37(44-4)26-35(34)40(41)42/h6-8,11-20,25-27H,5,9-10,21-24H2,1-4H3/b38-33-. The van der Waals surface area contributed by atoms with Crippen LogP contribution in [0, 0.1) is 10.1 Å². The third-order valence-electron chi connectivity index (χ3n) is 8.42. The second-order valence-electron chi connectivity index (χ2n) is 11.3. The highest BCUT2D eigenvalue weighted by atomic mass is 32.2. The first kappa shape index (κ1) is 33.1. The lowest BCUT2D eigenvalue weighted by Crippen LogP contribution is -2.21. The predicted molar refractivity (Wildman–Crippen MR) is 187 cm³/mol. The topological polar surface area (TPSA) is 74.1 Å². The van der Waals surface area contributed by atoms with Gasteiger partial charge in [0.15, 0.2) is 11.5 Å². The van der Waals surface area contributed by atoms with Crippen molar-refractivity contribution in [2.45, 2.75) is 44.1 Å². The molecule has 1 saturated heterocycles. The Hall–Kier alpha value is -4.27. The maximum absolute atomic E-state index is 11.9. The molecule has 4 aromatic carbocycles. The van der Waals surface area contributed by atoms with Gasteiger partial charge in [-0.25, -0.2) is 0 Å². The Bertz CT molecular complexity index is 1630. The van der Waals surface area contributed by atoms with E-state index in [0.717, 1.165) is 29.8 Å². The van der Waals surface area contributed by atoms with E-state index in [1.165, 1.54) is 67.8 Å². The van der Waals surface area contributed by atoms with Crippen molar-refractivity contribution in [3.63, 3.8) is 0 Å². The van der Waals surface area contributed by atoms with Crippen molar-refractivity contribution in [3.05, 3.63) is 123 Å². The summed E-state index contributed by atoms with van der Waals surface area (Å²) >= 11 is 1.92. The maximum atomic E-state index is 11.9. The summed E-state index contributed by atoms with van der Waals surface area (Å²) in [5.74, 6) is 2.42. The molecule has 0 saturated carbocycles. The van der Waals surface area contributed by atoms with Crippen LogP contribution >= 0.6 is 11.8 Å². The lowest BCUT2D eigenvalue weighted by Gasteiger charge is -2.19. The predicted octanol–water partition coefficient (Wildman–Crippen LogP) is 9.31. The van der Waals surface area contributed by atoms with E-state index in [-0.39, 0.29) is 5.69 Å². The first-order chi connectivity index (χ1) is 22.4. The molecule has 0 amide bonds. The Balaban J connectivity index is 1.42. The van der Waals surface area contributed by atoms with Crippen molar-refractivity contribution in [2.24, 2.45) is 0 Å². The third kappa shape index (κ3) is 7.92. The molecule has 1 aliphatic rings. The summed E-state index contributed by atoms with van der Waals surface area (Å²) in [6.07, 6.45) is 2.90. The Kier molecular flexibility index (Phi) is 11.4. The first-order valence-corrected chi connectivity index (χ1v) is 16.8. The Labute approximate surface area is 276 Å². The molecule has 240 valence electrons. The minimum Gasteiger partial charge on any atom is -0.493 e. The van der Waals surface area contributed by atoms with Crippen LogP contribution in [-0.4, -0.2) is 49.4 Å². The zero-order valence-electron chi connectivity index (χ0n) is 27.0. The van der Waals surface area contributed by atoms with Crippen molar-refractivity contribution < 1.29 is 19.1 Å². The van der Waals surface area contributed by atoms with Gasteiger partial charge in [0.25, 0.3) is 5.69 Å². The SMILES string of the molecule is CC/C(=C(\c1ccc(OC(C)c2cc(OC)c(OC)cc2[N+](=O)[O-])cc1)c1ccc(SCCN2CCCC2)cc1)c1ccccc1. The van der Waals surface area contributed by atoms with Gasteiger partial charge in [-0.3, -0.25) is 10.1 Å². The highest BCUT2D eigenvalue weighted by molar-refractivity contribution is 7.99. The van der Waals surface area contributed by atoms with Gasteiger partial charge >= 0.3 is 0 Å². The van der Waals surface area contributed by atoms with E-state index in [1.54, 1.807) is 13.0 Å². The number of nitrogens with zero attached hydrogens (tertiary/aromatic N) is 2.